The Balaban J connectivity index is 1.92. The van der Waals surface area contributed by atoms with Crippen LogP contribution in [0.4, 0.5) is 0 Å². The summed E-state index contributed by atoms with van der Waals surface area (Å²) in [5.41, 5.74) is 0. The van der Waals surface area contributed by atoms with Gasteiger partial charge in [0.1, 0.15) is 0 Å². The van der Waals surface area contributed by atoms with Crippen LogP contribution >= 0.6 is 0 Å². The Labute approximate surface area is 68.2 Å². The molecule has 1 aliphatic heterocycles. The van der Waals surface area contributed by atoms with Gasteiger partial charge in [0.25, 0.3) is 0 Å². The molecule has 2 fully saturated rings. The Morgan fingerprint density at radius 3 is 2.27 bits per heavy atom. The fourth-order valence-electron chi connectivity index (χ4n) is 2.42. The molecule has 0 spiro atoms. The molecule has 1 N–H and O–H groups in total. The molecule has 0 bridgehead atoms. The van der Waals surface area contributed by atoms with Crippen LogP contribution in [-0.4, -0.2) is 35.2 Å². The zero-order valence-corrected chi connectivity index (χ0v) is 7.00. The molecule has 0 aromatic heterocycles. The number of likely N-dealkylation sites (tertiary alicyclic amines) is 1. The van der Waals surface area contributed by atoms with E-state index in [2.05, 4.69) is 4.90 Å². The smallest absolute Gasteiger partial charge is 0.0695 e. The van der Waals surface area contributed by atoms with E-state index in [1.165, 1.54) is 38.8 Å². The Kier molecular flexibility index (Phi) is 2.14. The molecule has 0 aromatic rings. The molecule has 2 rings (SSSR count). The monoisotopic (exact) mass is 155 g/mol. The molecule has 0 radical (unpaired) electrons. The van der Waals surface area contributed by atoms with Gasteiger partial charge in [-0.3, -0.25) is 4.90 Å². The lowest BCUT2D eigenvalue weighted by atomic mass is 10.2. The molecule has 2 aliphatic rings. The summed E-state index contributed by atoms with van der Waals surface area (Å²) in [5, 5.41) is 9.61. The zero-order valence-electron chi connectivity index (χ0n) is 7.00. The SMILES string of the molecule is O[C@@H]1CCCC1N1CCCC1. The van der Waals surface area contributed by atoms with Crippen molar-refractivity contribution in [3.05, 3.63) is 0 Å². The van der Waals surface area contributed by atoms with Gasteiger partial charge in [0.05, 0.1) is 6.10 Å². The van der Waals surface area contributed by atoms with E-state index in [1.54, 1.807) is 0 Å². The van der Waals surface area contributed by atoms with Crippen molar-refractivity contribution in [2.45, 2.75) is 44.2 Å². The maximum absolute atomic E-state index is 9.61. The average Bonchev–Trinajstić information content (AvgIpc) is 2.55. The van der Waals surface area contributed by atoms with E-state index in [0.717, 1.165) is 6.42 Å². The van der Waals surface area contributed by atoms with Crippen LogP contribution in [0.3, 0.4) is 0 Å². The molecule has 11 heavy (non-hydrogen) atoms. The lowest BCUT2D eigenvalue weighted by Gasteiger charge is -2.25. The van der Waals surface area contributed by atoms with E-state index in [4.69, 9.17) is 0 Å². The third kappa shape index (κ3) is 1.42. The zero-order chi connectivity index (χ0) is 7.68. The lowest BCUT2D eigenvalue weighted by Crippen LogP contribution is -2.38. The number of nitrogens with zero attached hydrogens (tertiary/aromatic N) is 1. The van der Waals surface area contributed by atoms with Crippen LogP contribution < -0.4 is 0 Å². The van der Waals surface area contributed by atoms with Gasteiger partial charge in [0.15, 0.2) is 0 Å². The molecule has 2 nitrogen and oxygen atoms in total. The molecule has 2 heteroatoms. The van der Waals surface area contributed by atoms with E-state index in [9.17, 15) is 5.11 Å². The normalized spacial score (nSPS) is 40.1. The summed E-state index contributed by atoms with van der Waals surface area (Å²) in [6.07, 6.45) is 6.13. The van der Waals surface area contributed by atoms with Gasteiger partial charge in [-0.05, 0) is 45.2 Å². The van der Waals surface area contributed by atoms with Crippen molar-refractivity contribution in [3.8, 4) is 0 Å². The molecule has 0 aromatic carbocycles. The van der Waals surface area contributed by atoms with Crippen molar-refractivity contribution >= 4 is 0 Å². The quantitative estimate of drug-likeness (QED) is 0.610. The van der Waals surface area contributed by atoms with E-state index in [-0.39, 0.29) is 6.10 Å². The maximum Gasteiger partial charge on any atom is 0.0695 e. The Bertz CT molecular complexity index is 132. The third-order valence-corrected chi connectivity index (χ3v) is 3.05. The Hall–Kier alpha value is -0.0800. The van der Waals surface area contributed by atoms with Crippen LogP contribution in [-0.2, 0) is 0 Å². The second-order valence-electron chi connectivity index (χ2n) is 3.81. The molecular formula is C9H17NO. The summed E-state index contributed by atoms with van der Waals surface area (Å²) >= 11 is 0. The van der Waals surface area contributed by atoms with Crippen molar-refractivity contribution in [1.82, 2.24) is 4.90 Å². The van der Waals surface area contributed by atoms with E-state index < -0.39 is 0 Å². The van der Waals surface area contributed by atoms with Crippen LogP contribution in [0, 0.1) is 0 Å². The predicted molar refractivity (Wildman–Crippen MR) is 44.5 cm³/mol. The van der Waals surface area contributed by atoms with Crippen LogP contribution in [0.1, 0.15) is 32.1 Å². The van der Waals surface area contributed by atoms with E-state index in [0.29, 0.717) is 6.04 Å². The summed E-state index contributed by atoms with van der Waals surface area (Å²) in [4.78, 5) is 2.47. The third-order valence-electron chi connectivity index (χ3n) is 3.05. The predicted octanol–water partition coefficient (Wildman–Crippen LogP) is 0.996. The number of hydrogen-bond acceptors (Lipinski definition) is 2. The van der Waals surface area contributed by atoms with Crippen LogP contribution in [0.5, 0.6) is 0 Å². The van der Waals surface area contributed by atoms with Crippen LogP contribution in [0.2, 0.25) is 0 Å². The minimum atomic E-state index is -0.0203. The minimum absolute atomic E-state index is 0.0203. The van der Waals surface area contributed by atoms with Gasteiger partial charge in [-0.15, -0.1) is 0 Å². The average molecular weight is 155 g/mol. The van der Waals surface area contributed by atoms with Crippen LogP contribution in [0.25, 0.3) is 0 Å². The van der Waals surface area contributed by atoms with Gasteiger partial charge in [-0.2, -0.15) is 0 Å². The first-order valence-corrected chi connectivity index (χ1v) is 4.80. The number of hydrogen-bond donors (Lipinski definition) is 1. The largest absolute Gasteiger partial charge is 0.391 e. The Morgan fingerprint density at radius 2 is 1.73 bits per heavy atom. The van der Waals surface area contributed by atoms with Gasteiger partial charge in [-0.25, -0.2) is 0 Å². The van der Waals surface area contributed by atoms with E-state index >= 15 is 0 Å². The summed E-state index contributed by atoms with van der Waals surface area (Å²) in [6.45, 7) is 2.45. The second-order valence-corrected chi connectivity index (χ2v) is 3.81. The highest BCUT2D eigenvalue weighted by atomic mass is 16.3. The maximum atomic E-state index is 9.61. The second kappa shape index (κ2) is 3.11. The standard InChI is InChI=1S/C9H17NO/c11-9-5-3-4-8(9)10-6-1-2-7-10/h8-9,11H,1-7H2/t8?,9-/m1/s1. The van der Waals surface area contributed by atoms with Crippen molar-refractivity contribution in [2.24, 2.45) is 0 Å². The first kappa shape index (κ1) is 7.56. The molecule has 0 amide bonds. The Morgan fingerprint density at radius 1 is 1.00 bits per heavy atom. The van der Waals surface area contributed by atoms with Gasteiger partial charge >= 0.3 is 0 Å². The summed E-state index contributed by atoms with van der Waals surface area (Å²) in [6, 6.07) is 0.512. The number of aliphatic hydroxyl groups excluding tert-OH is 1. The molecule has 1 saturated carbocycles. The molecule has 1 unspecified atom stereocenters. The first-order chi connectivity index (χ1) is 5.38. The molecule has 1 aliphatic carbocycles. The molecule has 1 saturated heterocycles. The summed E-state index contributed by atoms with van der Waals surface area (Å²) in [7, 11) is 0. The van der Waals surface area contributed by atoms with Crippen LogP contribution in [0.15, 0.2) is 0 Å². The summed E-state index contributed by atoms with van der Waals surface area (Å²) in [5.74, 6) is 0. The molecular weight excluding hydrogens is 138 g/mol. The number of rotatable bonds is 1. The van der Waals surface area contributed by atoms with Crippen molar-refractivity contribution in [2.75, 3.05) is 13.1 Å². The summed E-state index contributed by atoms with van der Waals surface area (Å²) < 4.78 is 0. The lowest BCUT2D eigenvalue weighted by molar-refractivity contribution is 0.0853. The first-order valence-electron chi connectivity index (χ1n) is 4.80. The molecule has 2 atom stereocenters. The number of aliphatic hydroxyl groups is 1. The molecule has 64 valence electrons. The van der Waals surface area contributed by atoms with Gasteiger partial charge in [0.2, 0.25) is 0 Å². The topological polar surface area (TPSA) is 23.5 Å². The van der Waals surface area contributed by atoms with Gasteiger partial charge in [-0.1, -0.05) is 0 Å². The van der Waals surface area contributed by atoms with E-state index in [1.807, 2.05) is 0 Å². The minimum Gasteiger partial charge on any atom is -0.391 e. The fraction of sp³-hybridized carbons (Fsp3) is 1.00. The van der Waals surface area contributed by atoms with Crippen molar-refractivity contribution in [3.63, 3.8) is 0 Å². The highest BCUT2D eigenvalue weighted by Gasteiger charge is 2.31. The van der Waals surface area contributed by atoms with Crippen molar-refractivity contribution in [1.29, 1.82) is 0 Å². The molecule has 1 heterocycles. The fourth-order valence-corrected chi connectivity index (χ4v) is 2.42. The van der Waals surface area contributed by atoms with Gasteiger partial charge in [0, 0.05) is 6.04 Å². The van der Waals surface area contributed by atoms with Gasteiger partial charge < -0.3 is 5.11 Å². The highest BCUT2D eigenvalue weighted by molar-refractivity contribution is 4.86. The highest BCUT2D eigenvalue weighted by Crippen LogP contribution is 2.26. The van der Waals surface area contributed by atoms with Crippen molar-refractivity contribution < 1.29 is 5.11 Å².